The average molecular weight is 197 g/mol. The van der Waals surface area contributed by atoms with Crippen LogP contribution in [0.15, 0.2) is 12.4 Å². The summed E-state index contributed by atoms with van der Waals surface area (Å²) in [5.74, 6) is -0.169. The summed E-state index contributed by atoms with van der Waals surface area (Å²) in [6.07, 6.45) is 3.33. The Bertz CT molecular complexity index is 287. The van der Waals surface area contributed by atoms with Crippen LogP contribution in [0.4, 0.5) is 0 Å². The molecule has 0 unspecified atom stereocenters. The monoisotopic (exact) mass is 197 g/mol. The van der Waals surface area contributed by atoms with Crippen LogP contribution in [0.5, 0.6) is 0 Å². The van der Waals surface area contributed by atoms with Gasteiger partial charge in [0, 0.05) is 12.7 Å². The fourth-order valence-electron chi connectivity index (χ4n) is 0.864. The van der Waals surface area contributed by atoms with Crippen LogP contribution < -0.4 is 11.1 Å². The zero-order chi connectivity index (χ0) is 10.6. The van der Waals surface area contributed by atoms with Crippen LogP contribution >= 0.6 is 0 Å². The first-order valence-electron chi connectivity index (χ1n) is 4.41. The van der Waals surface area contributed by atoms with Crippen molar-refractivity contribution < 1.29 is 4.79 Å². The van der Waals surface area contributed by atoms with Crippen molar-refractivity contribution in [3.63, 3.8) is 0 Å². The van der Waals surface area contributed by atoms with Gasteiger partial charge in [-0.1, -0.05) is 5.21 Å². The molecule has 1 amide bonds. The highest BCUT2D eigenvalue weighted by Gasteiger charge is 2.20. The van der Waals surface area contributed by atoms with Gasteiger partial charge in [-0.25, -0.2) is 0 Å². The molecule has 0 saturated heterocycles. The molecule has 3 N–H and O–H groups in total. The summed E-state index contributed by atoms with van der Waals surface area (Å²) in [5, 5.41) is 10.1. The Balaban J connectivity index is 2.26. The first-order chi connectivity index (χ1) is 6.50. The molecule has 0 bridgehead atoms. The van der Waals surface area contributed by atoms with Gasteiger partial charge in [0.15, 0.2) is 0 Å². The van der Waals surface area contributed by atoms with E-state index in [1.54, 1.807) is 30.9 Å². The molecule has 1 heterocycles. The SMILES string of the molecule is CC(C)(N)C(=O)NCCn1ccnn1. The molecule has 0 spiro atoms. The zero-order valence-corrected chi connectivity index (χ0v) is 8.40. The van der Waals surface area contributed by atoms with Crippen LogP contribution in [0.3, 0.4) is 0 Å². The van der Waals surface area contributed by atoms with Gasteiger partial charge in [-0.05, 0) is 13.8 Å². The third kappa shape index (κ3) is 3.14. The van der Waals surface area contributed by atoms with E-state index < -0.39 is 5.54 Å². The Morgan fingerprint density at radius 2 is 2.36 bits per heavy atom. The second-order valence-corrected chi connectivity index (χ2v) is 3.64. The molecule has 0 aliphatic heterocycles. The highest BCUT2D eigenvalue weighted by Crippen LogP contribution is 1.94. The molecule has 6 heteroatoms. The van der Waals surface area contributed by atoms with Gasteiger partial charge in [-0.15, -0.1) is 5.10 Å². The maximum Gasteiger partial charge on any atom is 0.239 e. The van der Waals surface area contributed by atoms with Gasteiger partial charge in [0.2, 0.25) is 5.91 Å². The normalized spacial score (nSPS) is 11.4. The molecule has 0 saturated carbocycles. The summed E-state index contributed by atoms with van der Waals surface area (Å²) in [5.41, 5.74) is 4.76. The molecule has 0 fully saturated rings. The summed E-state index contributed by atoms with van der Waals surface area (Å²) in [4.78, 5) is 11.3. The first kappa shape index (κ1) is 10.6. The third-order valence-corrected chi connectivity index (χ3v) is 1.68. The topological polar surface area (TPSA) is 85.8 Å². The number of nitrogens with zero attached hydrogens (tertiary/aromatic N) is 3. The van der Waals surface area contributed by atoms with Gasteiger partial charge < -0.3 is 11.1 Å². The van der Waals surface area contributed by atoms with Crippen molar-refractivity contribution in [3.8, 4) is 0 Å². The number of hydrogen-bond donors (Lipinski definition) is 2. The Hall–Kier alpha value is -1.43. The maximum absolute atomic E-state index is 11.3. The van der Waals surface area contributed by atoms with Crippen LogP contribution in [0, 0.1) is 0 Å². The smallest absolute Gasteiger partial charge is 0.239 e. The van der Waals surface area contributed by atoms with Crippen molar-refractivity contribution in [2.24, 2.45) is 5.73 Å². The molecule has 0 atom stereocenters. The minimum atomic E-state index is -0.831. The maximum atomic E-state index is 11.3. The molecule has 0 radical (unpaired) electrons. The number of hydrogen-bond acceptors (Lipinski definition) is 4. The van der Waals surface area contributed by atoms with Gasteiger partial charge in [-0.3, -0.25) is 9.48 Å². The zero-order valence-electron chi connectivity index (χ0n) is 8.40. The van der Waals surface area contributed by atoms with Crippen LogP contribution in [-0.4, -0.2) is 33.0 Å². The number of carbonyl (C=O) groups excluding carboxylic acids is 1. The van der Waals surface area contributed by atoms with Crippen molar-refractivity contribution in [1.29, 1.82) is 0 Å². The van der Waals surface area contributed by atoms with E-state index in [-0.39, 0.29) is 5.91 Å². The predicted octanol–water partition coefficient (Wildman–Crippen LogP) is -0.868. The van der Waals surface area contributed by atoms with E-state index >= 15 is 0 Å². The number of aromatic nitrogens is 3. The Kier molecular flexibility index (Phi) is 3.19. The highest BCUT2D eigenvalue weighted by atomic mass is 16.2. The highest BCUT2D eigenvalue weighted by molar-refractivity contribution is 5.84. The van der Waals surface area contributed by atoms with Crippen LogP contribution in [0.1, 0.15) is 13.8 Å². The molecule has 6 nitrogen and oxygen atoms in total. The Morgan fingerprint density at radius 3 is 2.86 bits per heavy atom. The molecule has 1 aromatic rings. The second-order valence-electron chi connectivity index (χ2n) is 3.64. The van der Waals surface area contributed by atoms with E-state index in [9.17, 15) is 4.79 Å². The summed E-state index contributed by atoms with van der Waals surface area (Å²) in [6, 6.07) is 0. The third-order valence-electron chi connectivity index (χ3n) is 1.68. The number of rotatable bonds is 4. The standard InChI is InChI=1S/C8H15N5O/c1-8(2,9)7(14)10-3-5-13-6-4-11-12-13/h4,6H,3,5,9H2,1-2H3,(H,10,14). The van der Waals surface area contributed by atoms with E-state index in [1.165, 1.54) is 0 Å². The van der Waals surface area contributed by atoms with Gasteiger partial charge in [0.25, 0.3) is 0 Å². The van der Waals surface area contributed by atoms with E-state index in [4.69, 9.17) is 5.73 Å². The number of carbonyl (C=O) groups is 1. The number of amides is 1. The van der Waals surface area contributed by atoms with Crippen LogP contribution in [-0.2, 0) is 11.3 Å². The summed E-state index contributed by atoms with van der Waals surface area (Å²) in [6.45, 7) is 4.43. The molecule has 0 aromatic carbocycles. The van der Waals surface area contributed by atoms with E-state index in [1.807, 2.05) is 0 Å². The van der Waals surface area contributed by atoms with Crippen molar-refractivity contribution >= 4 is 5.91 Å². The lowest BCUT2D eigenvalue weighted by atomic mass is 10.1. The molecule has 1 rings (SSSR count). The van der Waals surface area contributed by atoms with E-state index in [2.05, 4.69) is 15.6 Å². The lowest BCUT2D eigenvalue weighted by Gasteiger charge is -2.17. The predicted molar refractivity (Wildman–Crippen MR) is 51.3 cm³/mol. The molecule has 1 aromatic heterocycles. The Morgan fingerprint density at radius 1 is 1.64 bits per heavy atom. The van der Waals surface area contributed by atoms with Crippen LogP contribution in [0.2, 0.25) is 0 Å². The summed E-state index contributed by atoms with van der Waals surface area (Å²) in [7, 11) is 0. The molecule has 0 aliphatic rings. The molecular weight excluding hydrogens is 182 g/mol. The van der Waals surface area contributed by atoms with Crippen LogP contribution in [0.25, 0.3) is 0 Å². The number of nitrogens with two attached hydrogens (primary N) is 1. The van der Waals surface area contributed by atoms with Gasteiger partial charge in [0.1, 0.15) is 0 Å². The quantitative estimate of drug-likeness (QED) is 0.657. The van der Waals surface area contributed by atoms with Crippen molar-refractivity contribution in [2.45, 2.75) is 25.9 Å². The minimum Gasteiger partial charge on any atom is -0.353 e. The summed E-state index contributed by atoms with van der Waals surface area (Å²) >= 11 is 0. The largest absolute Gasteiger partial charge is 0.353 e. The van der Waals surface area contributed by atoms with Gasteiger partial charge in [-0.2, -0.15) is 0 Å². The fourth-order valence-corrected chi connectivity index (χ4v) is 0.864. The first-order valence-corrected chi connectivity index (χ1v) is 4.41. The lowest BCUT2D eigenvalue weighted by molar-refractivity contribution is -0.125. The van der Waals surface area contributed by atoms with Crippen molar-refractivity contribution in [1.82, 2.24) is 20.3 Å². The molecule has 0 aliphatic carbocycles. The fraction of sp³-hybridized carbons (Fsp3) is 0.625. The summed E-state index contributed by atoms with van der Waals surface area (Å²) < 4.78 is 1.64. The van der Waals surface area contributed by atoms with E-state index in [0.29, 0.717) is 13.1 Å². The Labute approximate surface area is 82.5 Å². The van der Waals surface area contributed by atoms with Gasteiger partial charge in [0.05, 0.1) is 18.3 Å². The van der Waals surface area contributed by atoms with E-state index in [0.717, 1.165) is 0 Å². The minimum absolute atomic E-state index is 0.169. The molecule has 78 valence electrons. The molecule has 14 heavy (non-hydrogen) atoms. The average Bonchev–Trinajstić information content (AvgIpc) is 2.55. The van der Waals surface area contributed by atoms with Gasteiger partial charge >= 0.3 is 0 Å². The van der Waals surface area contributed by atoms with Crippen molar-refractivity contribution in [3.05, 3.63) is 12.4 Å². The van der Waals surface area contributed by atoms with Crippen molar-refractivity contribution in [2.75, 3.05) is 6.54 Å². The number of nitrogens with one attached hydrogen (secondary N) is 1. The molecular formula is C8H15N5O. The second kappa shape index (κ2) is 4.19. The lowest BCUT2D eigenvalue weighted by Crippen LogP contribution is -2.49.